The third-order valence-electron chi connectivity index (χ3n) is 6.89. The smallest absolute Gasteiger partial charge is 0.152 e. The Morgan fingerprint density at radius 2 is 1.82 bits per heavy atom. The number of nitrogens with zero attached hydrogens (tertiary/aromatic N) is 4. The number of rotatable bonds is 5. The van der Waals surface area contributed by atoms with E-state index in [4.69, 9.17) is 4.52 Å². The SMILES string of the molecule is Cc1ncc2c(n1)CCN(CC1(c3onc(-c4ccc(O)cc4)c3-c3ccccc3)CC1)C2. The van der Waals surface area contributed by atoms with Gasteiger partial charge in [-0.15, -0.1) is 0 Å². The third kappa shape index (κ3) is 3.70. The highest BCUT2D eigenvalue weighted by Crippen LogP contribution is 2.54. The van der Waals surface area contributed by atoms with Crippen molar-refractivity contribution in [2.24, 2.45) is 0 Å². The normalized spacial score (nSPS) is 17.0. The number of fused-ring (bicyclic) bond motifs is 1. The van der Waals surface area contributed by atoms with E-state index < -0.39 is 0 Å². The number of aromatic hydroxyl groups is 1. The average molecular weight is 439 g/mol. The van der Waals surface area contributed by atoms with E-state index in [1.807, 2.05) is 31.3 Å². The summed E-state index contributed by atoms with van der Waals surface area (Å²) in [5.41, 5.74) is 6.32. The molecule has 0 atom stereocenters. The van der Waals surface area contributed by atoms with Crippen molar-refractivity contribution in [1.29, 1.82) is 0 Å². The number of hydrogen-bond donors (Lipinski definition) is 1. The molecular formula is C27H26N4O2. The fraction of sp³-hybridized carbons (Fsp3) is 0.296. The van der Waals surface area contributed by atoms with E-state index in [1.54, 1.807) is 12.1 Å². The van der Waals surface area contributed by atoms with Crippen molar-refractivity contribution >= 4 is 0 Å². The van der Waals surface area contributed by atoms with Gasteiger partial charge in [0.25, 0.3) is 0 Å². The van der Waals surface area contributed by atoms with Crippen LogP contribution >= 0.6 is 0 Å². The zero-order valence-electron chi connectivity index (χ0n) is 18.7. The van der Waals surface area contributed by atoms with Crippen LogP contribution in [0, 0.1) is 6.92 Å². The molecule has 0 spiro atoms. The molecule has 1 N–H and O–H groups in total. The van der Waals surface area contributed by atoms with Crippen LogP contribution < -0.4 is 0 Å². The van der Waals surface area contributed by atoms with E-state index in [1.165, 1.54) is 11.3 Å². The largest absolute Gasteiger partial charge is 0.508 e. The highest BCUT2D eigenvalue weighted by molar-refractivity contribution is 5.83. The Morgan fingerprint density at radius 3 is 2.58 bits per heavy atom. The molecule has 1 aliphatic carbocycles. The lowest BCUT2D eigenvalue weighted by atomic mass is 9.91. The Labute approximate surface area is 192 Å². The van der Waals surface area contributed by atoms with Crippen LogP contribution in [0.15, 0.2) is 65.3 Å². The van der Waals surface area contributed by atoms with Gasteiger partial charge in [0.05, 0.1) is 5.56 Å². The lowest BCUT2D eigenvalue weighted by Gasteiger charge is -2.31. The lowest BCUT2D eigenvalue weighted by molar-refractivity contribution is 0.212. The molecule has 0 amide bonds. The monoisotopic (exact) mass is 438 g/mol. The van der Waals surface area contributed by atoms with Crippen molar-refractivity contribution < 1.29 is 9.63 Å². The molecule has 3 heterocycles. The molecule has 0 radical (unpaired) electrons. The molecule has 4 aromatic rings. The molecule has 6 rings (SSSR count). The van der Waals surface area contributed by atoms with Crippen LogP contribution in [0.25, 0.3) is 22.4 Å². The Hall–Kier alpha value is -3.51. The Kier molecular flexibility index (Phi) is 4.76. The second kappa shape index (κ2) is 7.81. The fourth-order valence-corrected chi connectivity index (χ4v) is 4.99. The highest BCUT2D eigenvalue weighted by atomic mass is 16.5. The minimum absolute atomic E-state index is 0.0313. The van der Waals surface area contributed by atoms with Gasteiger partial charge in [0, 0.05) is 54.5 Å². The van der Waals surface area contributed by atoms with Gasteiger partial charge in [0.15, 0.2) is 5.76 Å². The zero-order valence-corrected chi connectivity index (χ0v) is 18.7. The molecule has 1 fully saturated rings. The molecule has 6 nitrogen and oxygen atoms in total. The van der Waals surface area contributed by atoms with Crippen LogP contribution in [0.3, 0.4) is 0 Å². The number of aromatic nitrogens is 3. The predicted octanol–water partition coefficient (Wildman–Crippen LogP) is 4.90. The van der Waals surface area contributed by atoms with Crippen LogP contribution in [-0.4, -0.2) is 38.2 Å². The van der Waals surface area contributed by atoms with Gasteiger partial charge in [-0.2, -0.15) is 0 Å². The average Bonchev–Trinajstić information content (AvgIpc) is 3.47. The molecule has 1 saturated carbocycles. The second-order valence-corrected chi connectivity index (χ2v) is 9.28. The predicted molar refractivity (Wildman–Crippen MR) is 126 cm³/mol. The van der Waals surface area contributed by atoms with E-state index in [0.717, 1.165) is 72.9 Å². The van der Waals surface area contributed by atoms with E-state index in [9.17, 15) is 5.11 Å². The summed E-state index contributed by atoms with van der Waals surface area (Å²) in [4.78, 5) is 11.5. The number of phenolic OH excluding ortho intramolecular Hbond substituents is 1. The number of hydrogen-bond acceptors (Lipinski definition) is 6. The van der Waals surface area contributed by atoms with Gasteiger partial charge < -0.3 is 9.63 Å². The first-order valence-corrected chi connectivity index (χ1v) is 11.5. The van der Waals surface area contributed by atoms with Gasteiger partial charge in [0.2, 0.25) is 0 Å². The summed E-state index contributed by atoms with van der Waals surface area (Å²) < 4.78 is 6.13. The molecule has 1 aliphatic heterocycles. The Morgan fingerprint density at radius 1 is 1.03 bits per heavy atom. The maximum Gasteiger partial charge on any atom is 0.152 e. The lowest BCUT2D eigenvalue weighted by Crippen LogP contribution is -2.37. The fourth-order valence-electron chi connectivity index (χ4n) is 4.99. The van der Waals surface area contributed by atoms with Crippen molar-refractivity contribution in [2.75, 3.05) is 13.1 Å². The summed E-state index contributed by atoms with van der Waals surface area (Å²) in [6.45, 7) is 4.75. The molecule has 0 bridgehead atoms. The summed E-state index contributed by atoms with van der Waals surface area (Å²) >= 11 is 0. The van der Waals surface area contributed by atoms with Gasteiger partial charge in [0.1, 0.15) is 17.3 Å². The molecule has 33 heavy (non-hydrogen) atoms. The summed E-state index contributed by atoms with van der Waals surface area (Å²) in [6.07, 6.45) is 5.11. The van der Waals surface area contributed by atoms with Crippen LogP contribution in [-0.2, 0) is 18.4 Å². The molecule has 0 saturated heterocycles. The first-order valence-electron chi connectivity index (χ1n) is 11.5. The van der Waals surface area contributed by atoms with Crippen LogP contribution in [0.1, 0.15) is 35.7 Å². The van der Waals surface area contributed by atoms with Crippen molar-refractivity contribution in [3.63, 3.8) is 0 Å². The summed E-state index contributed by atoms with van der Waals surface area (Å²) in [5, 5.41) is 14.3. The molecule has 2 aromatic carbocycles. The van der Waals surface area contributed by atoms with Crippen LogP contribution in [0.4, 0.5) is 0 Å². The first-order chi connectivity index (χ1) is 16.1. The quantitative estimate of drug-likeness (QED) is 0.478. The van der Waals surface area contributed by atoms with Crippen molar-refractivity contribution in [3.8, 4) is 28.1 Å². The maximum absolute atomic E-state index is 9.74. The first kappa shape index (κ1) is 20.1. The van der Waals surface area contributed by atoms with Crippen molar-refractivity contribution in [3.05, 3.63) is 83.6 Å². The van der Waals surface area contributed by atoms with Gasteiger partial charge in [-0.05, 0) is 49.6 Å². The van der Waals surface area contributed by atoms with E-state index >= 15 is 0 Å². The molecular weight excluding hydrogens is 412 g/mol. The summed E-state index contributed by atoms with van der Waals surface area (Å²) in [5.74, 6) is 2.06. The Bertz CT molecular complexity index is 1290. The topological polar surface area (TPSA) is 75.3 Å². The van der Waals surface area contributed by atoms with E-state index in [-0.39, 0.29) is 11.2 Å². The Balaban J connectivity index is 1.36. The molecule has 0 unspecified atom stereocenters. The number of phenols is 1. The third-order valence-corrected chi connectivity index (χ3v) is 6.89. The minimum atomic E-state index is -0.0313. The summed E-state index contributed by atoms with van der Waals surface area (Å²) in [7, 11) is 0. The van der Waals surface area contributed by atoms with Crippen LogP contribution in [0.5, 0.6) is 5.75 Å². The number of benzene rings is 2. The molecule has 2 aromatic heterocycles. The second-order valence-electron chi connectivity index (χ2n) is 9.28. The van der Waals surface area contributed by atoms with E-state index in [2.05, 4.69) is 44.3 Å². The van der Waals surface area contributed by atoms with Gasteiger partial charge in [-0.25, -0.2) is 9.97 Å². The van der Waals surface area contributed by atoms with Gasteiger partial charge in [-0.1, -0.05) is 35.5 Å². The van der Waals surface area contributed by atoms with Gasteiger partial charge in [-0.3, -0.25) is 4.90 Å². The van der Waals surface area contributed by atoms with Crippen molar-refractivity contribution in [2.45, 2.75) is 38.1 Å². The maximum atomic E-state index is 9.74. The van der Waals surface area contributed by atoms with Crippen molar-refractivity contribution in [1.82, 2.24) is 20.0 Å². The summed E-state index contributed by atoms with van der Waals surface area (Å²) in [6, 6.07) is 17.5. The minimum Gasteiger partial charge on any atom is -0.508 e. The van der Waals surface area contributed by atoms with E-state index in [0.29, 0.717) is 0 Å². The van der Waals surface area contributed by atoms with Crippen LogP contribution in [0.2, 0.25) is 0 Å². The highest BCUT2D eigenvalue weighted by Gasteiger charge is 2.51. The molecule has 6 heteroatoms. The zero-order chi connectivity index (χ0) is 22.4. The molecule has 166 valence electrons. The molecule has 2 aliphatic rings. The standard InChI is InChI=1S/C27H26N4O2/c1-18-28-15-21-16-31(14-11-23(21)29-18)17-27(12-13-27)26-24(19-5-3-2-4-6-19)25(30-33-26)20-7-9-22(32)10-8-20/h2-10,15,32H,11-14,16-17H2,1H3. The van der Waals surface area contributed by atoms with Gasteiger partial charge >= 0.3 is 0 Å². The number of aryl methyl sites for hydroxylation is 1.